The van der Waals surface area contributed by atoms with E-state index in [-0.39, 0.29) is 24.5 Å². The van der Waals surface area contributed by atoms with E-state index in [1.807, 2.05) is 19.1 Å². The number of nitrogens with one attached hydrogen (secondary N) is 1. The molecular formula is C19H28N2O3P+. The molecule has 3 N–H and O–H groups in total. The molecule has 0 amide bonds. The van der Waals surface area contributed by atoms with E-state index in [4.69, 9.17) is 5.26 Å². The minimum Gasteiger partial charge on any atom is -0.303 e. The van der Waals surface area contributed by atoms with Gasteiger partial charge in [0.05, 0.1) is 18.2 Å². The first kappa shape index (κ1) is 20.0. The number of rotatable bonds is 8. The lowest BCUT2D eigenvalue weighted by Gasteiger charge is -2.23. The molecule has 5 nitrogen and oxygen atoms in total. The number of Topliss-reactive ketones (excluding diaryl/α,β-unsaturated/α-hetero) is 1. The molecular weight excluding hydrogens is 335 g/mol. The number of ketones is 1. The van der Waals surface area contributed by atoms with Crippen LogP contribution in [0.2, 0.25) is 0 Å². The smallest absolute Gasteiger partial charge is 0.275 e. The van der Waals surface area contributed by atoms with Crippen LogP contribution in [0.25, 0.3) is 0 Å². The lowest BCUT2D eigenvalue weighted by atomic mass is 9.91. The van der Waals surface area contributed by atoms with Crippen molar-refractivity contribution in [2.75, 3.05) is 18.9 Å². The highest BCUT2D eigenvalue weighted by Gasteiger charge is 2.39. The minimum absolute atomic E-state index is 0.0415. The van der Waals surface area contributed by atoms with Crippen LogP contribution in [0.1, 0.15) is 56.2 Å². The Morgan fingerprint density at radius 3 is 2.52 bits per heavy atom. The van der Waals surface area contributed by atoms with Gasteiger partial charge in [-0.1, -0.05) is 31.4 Å². The molecule has 0 aliphatic heterocycles. The molecule has 1 aromatic rings. The van der Waals surface area contributed by atoms with Crippen molar-refractivity contribution in [1.29, 1.82) is 5.26 Å². The number of hydrogen-bond acceptors (Lipinski definition) is 5. The Labute approximate surface area is 150 Å². The van der Waals surface area contributed by atoms with Crippen LogP contribution in [0.4, 0.5) is 0 Å². The third-order valence-electron chi connectivity index (χ3n) is 4.85. The maximum atomic E-state index is 12.1. The molecule has 0 bridgehead atoms. The minimum atomic E-state index is -3.14. The molecule has 0 aromatic heterocycles. The fraction of sp³-hybridized carbons (Fsp3) is 0.579. The summed E-state index contributed by atoms with van der Waals surface area (Å²) >= 11 is 0. The first-order chi connectivity index (χ1) is 11.9. The summed E-state index contributed by atoms with van der Waals surface area (Å²) < 4.78 is 0. The van der Waals surface area contributed by atoms with E-state index in [0.717, 1.165) is 31.2 Å². The second-order valence-corrected chi connectivity index (χ2v) is 9.54. The van der Waals surface area contributed by atoms with E-state index in [0.29, 0.717) is 17.6 Å². The fourth-order valence-corrected chi connectivity index (χ4v) is 5.42. The largest absolute Gasteiger partial charge is 0.303 e. The van der Waals surface area contributed by atoms with Crippen molar-refractivity contribution in [2.24, 2.45) is 5.92 Å². The van der Waals surface area contributed by atoms with Crippen molar-refractivity contribution in [3.05, 3.63) is 35.4 Å². The van der Waals surface area contributed by atoms with Gasteiger partial charge in [-0.15, -0.1) is 0 Å². The van der Waals surface area contributed by atoms with Gasteiger partial charge in [0.1, 0.15) is 6.16 Å². The highest BCUT2D eigenvalue weighted by Crippen LogP contribution is 2.53. The molecule has 0 radical (unpaired) electrons. The second-order valence-electron chi connectivity index (χ2n) is 7.10. The zero-order chi connectivity index (χ0) is 18.3. The molecule has 0 unspecified atom stereocenters. The number of carbonyl (C=O) groups excluding carboxylic acids is 1. The third-order valence-corrected chi connectivity index (χ3v) is 6.81. The van der Waals surface area contributed by atoms with Crippen molar-refractivity contribution >= 4 is 13.5 Å². The Morgan fingerprint density at radius 1 is 1.28 bits per heavy atom. The van der Waals surface area contributed by atoms with Crippen LogP contribution in [0.3, 0.4) is 0 Å². The lowest BCUT2D eigenvalue weighted by molar-refractivity contribution is -0.116. The molecule has 1 atom stereocenters. The number of nitriles is 1. The van der Waals surface area contributed by atoms with E-state index in [1.165, 1.54) is 6.42 Å². The molecule has 0 heterocycles. The number of benzene rings is 1. The Hall–Kier alpha value is -1.31. The van der Waals surface area contributed by atoms with Crippen LogP contribution < -0.4 is 5.32 Å². The molecule has 1 aliphatic carbocycles. The van der Waals surface area contributed by atoms with Gasteiger partial charge in [0, 0.05) is 6.04 Å². The lowest BCUT2D eigenvalue weighted by Crippen LogP contribution is -2.29. The molecule has 1 saturated carbocycles. The van der Waals surface area contributed by atoms with Gasteiger partial charge in [-0.3, -0.25) is 4.79 Å². The van der Waals surface area contributed by atoms with Crippen LogP contribution in [0, 0.1) is 17.2 Å². The van der Waals surface area contributed by atoms with Gasteiger partial charge in [-0.2, -0.15) is 5.26 Å². The Kier molecular flexibility index (Phi) is 7.53. The standard InChI is InChI=1S/C19H28N2O3P/c1-15(18-9-7-16(11-20)8-10-18)21-12-19(22)14-25(23,24)13-17-5-3-2-4-6-17/h7-10,15,17,21,23-24H,2-6,12-14H2,1H3/q+1/t15-/m1/s1. The summed E-state index contributed by atoms with van der Waals surface area (Å²) in [5.74, 6) is 0.199. The van der Waals surface area contributed by atoms with Gasteiger partial charge in [0.25, 0.3) is 7.72 Å². The third kappa shape index (κ3) is 6.84. The van der Waals surface area contributed by atoms with Crippen LogP contribution in [-0.2, 0) is 4.79 Å². The molecule has 1 aromatic carbocycles. The van der Waals surface area contributed by atoms with Crippen LogP contribution in [-0.4, -0.2) is 34.4 Å². The van der Waals surface area contributed by atoms with E-state index >= 15 is 0 Å². The summed E-state index contributed by atoms with van der Waals surface area (Å²) in [6, 6.07) is 9.25. The fourth-order valence-electron chi connectivity index (χ4n) is 3.42. The van der Waals surface area contributed by atoms with Gasteiger partial charge >= 0.3 is 0 Å². The zero-order valence-corrected chi connectivity index (χ0v) is 15.7. The SMILES string of the molecule is C[C@@H](NCC(=O)C[P+](O)(O)CC1CCCCC1)c1ccc(C#N)cc1. The molecule has 0 saturated heterocycles. The van der Waals surface area contributed by atoms with Crippen LogP contribution in [0.5, 0.6) is 0 Å². The van der Waals surface area contributed by atoms with Crippen LogP contribution >= 0.6 is 7.72 Å². The molecule has 1 aliphatic rings. The Morgan fingerprint density at radius 2 is 1.92 bits per heavy atom. The first-order valence-corrected chi connectivity index (χ1v) is 11.0. The van der Waals surface area contributed by atoms with Crippen LogP contribution in [0.15, 0.2) is 24.3 Å². The molecule has 6 heteroatoms. The summed E-state index contributed by atoms with van der Waals surface area (Å²) in [6.07, 6.45) is 5.90. The van der Waals surface area contributed by atoms with Gasteiger partial charge in [-0.05, 0) is 43.4 Å². The molecule has 2 rings (SSSR count). The van der Waals surface area contributed by atoms with Gasteiger partial charge in [0.15, 0.2) is 11.9 Å². The average molecular weight is 363 g/mol. The maximum Gasteiger partial charge on any atom is 0.275 e. The normalized spacial score (nSPS) is 17.0. The summed E-state index contributed by atoms with van der Waals surface area (Å²) in [7, 11) is -3.14. The monoisotopic (exact) mass is 363 g/mol. The van der Waals surface area contributed by atoms with Gasteiger partial charge in [-0.25, -0.2) is 9.79 Å². The summed E-state index contributed by atoms with van der Waals surface area (Å²) in [4.78, 5) is 32.7. The number of carbonyl (C=O) groups is 1. The predicted molar refractivity (Wildman–Crippen MR) is 100 cm³/mol. The highest BCUT2D eigenvalue weighted by molar-refractivity contribution is 7.65. The highest BCUT2D eigenvalue weighted by atomic mass is 31.2. The average Bonchev–Trinajstić information content (AvgIpc) is 2.59. The van der Waals surface area contributed by atoms with Crippen molar-refractivity contribution in [1.82, 2.24) is 5.32 Å². The van der Waals surface area contributed by atoms with E-state index in [1.54, 1.807) is 12.1 Å². The molecule has 1 fully saturated rings. The van der Waals surface area contributed by atoms with Gasteiger partial charge in [0.2, 0.25) is 0 Å². The predicted octanol–water partition coefficient (Wildman–Crippen LogP) is 3.19. The Bertz CT molecular complexity index is 604. The maximum absolute atomic E-state index is 12.1. The summed E-state index contributed by atoms with van der Waals surface area (Å²) in [6.45, 7) is 2.06. The van der Waals surface area contributed by atoms with Gasteiger partial charge < -0.3 is 5.32 Å². The van der Waals surface area contributed by atoms with Crippen molar-refractivity contribution in [3.8, 4) is 6.07 Å². The topological polar surface area (TPSA) is 93.3 Å². The quantitative estimate of drug-likeness (QED) is 0.617. The van der Waals surface area contributed by atoms with E-state index in [2.05, 4.69) is 11.4 Å². The van der Waals surface area contributed by atoms with Crippen molar-refractivity contribution in [3.63, 3.8) is 0 Å². The van der Waals surface area contributed by atoms with E-state index in [9.17, 15) is 14.6 Å². The summed E-state index contributed by atoms with van der Waals surface area (Å²) in [5.41, 5.74) is 1.59. The summed E-state index contributed by atoms with van der Waals surface area (Å²) in [5, 5.41) is 11.9. The second kappa shape index (κ2) is 9.40. The molecule has 0 spiro atoms. The number of hydrogen-bond donors (Lipinski definition) is 3. The van der Waals surface area contributed by atoms with Crippen molar-refractivity contribution < 1.29 is 14.6 Å². The molecule has 136 valence electrons. The zero-order valence-electron chi connectivity index (χ0n) is 14.8. The van der Waals surface area contributed by atoms with Crippen molar-refractivity contribution in [2.45, 2.75) is 45.1 Å². The first-order valence-electron chi connectivity index (χ1n) is 8.97. The van der Waals surface area contributed by atoms with E-state index < -0.39 is 7.72 Å². The molecule has 25 heavy (non-hydrogen) atoms. The Balaban J connectivity index is 1.77. The number of nitrogens with zero attached hydrogens (tertiary/aromatic N) is 1.